The highest BCUT2D eigenvalue weighted by Gasteiger charge is 2.54. The van der Waals surface area contributed by atoms with Gasteiger partial charge in [-0.15, -0.1) is 16.9 Å². The van der Waals surface area contributed by atoms with Crippen LogP contribution in [0.3, 0.4) is 0 Å². The van der Waals surface area contributed by atoms with Crippen molar-refractivity contribution in [3.05, 3.63) is 11.3 Å². The number of aliphatic hydroxyl groups excluding tert-OH is 1. The molecule has 2 aliphatic heterocycles. The first-order valence-corrected chi connectivity index (χ1v) is 11.5. The van der Waals surface area contributed by atoms with E-state index in [2.05, 4.69) is 20.8 Å². The zero-order chi connectivity index (χ0) is 21.8. The minimum atomic E-state index is -2.70. The first-order chi connectivity index (χ1) is 14.3. The second kappa shape index (κ2) is 9.93. The van der Waals surface area contributed by atoms with E-state index in [1.54, 1.807) is 0 Å². The molecular weight excluding hydrogens is 466 g/mol. The summed E-state index contributed by atoms with van der Waals surface area (Å²) in [5, 5.41) is 31.9. The smallest absolute Gasteiger partial charge is 0.352 e. The predicted octanol–water partition coefficient (Wildman–Crippen LogP) is -0.548. The van der Waals surface area contributed by atoms with Crippen LogP contribution in [0.25, 0.3) is 0 Å². The van der Waals surface area contributed by atoms with Gasteiger partial charge in [-0.25, -0.2) is 9.48 Å². The van der Waals surface area contributed by atoms with Gasteiger partial charge in [-0.2, -0.15) is 8.78 Å². The summed E-state index contributed by atoms with van der Waals surface area (Å²) in [6.45, 7) is 0.0250. The number of amides is 2. The Kier molecular flexibility index (Phi) is 7.54. The number of aliphatic hydroxyl groups is 1. The van der Waals surface area contributed by atoms with Crippen molar-refractivity contribution in [3.8, 4) is 0 Å². The van der Waals surface area contributed by atoms with Crippen molar-refractivity contribution in [3.63, 3.8) is 0 Å². The molecule has 0 spiro atoms. The molecule has 2 amide bonds. The highest BCUT2D eigenvalue weighted by atomic mass is 32.2. The van der Waals surface area contributed by atoms with Gasteiger partial charge in [0.05, 0.1) is 18.9 Å². The predicted molar refractivity (Wildman–Crippen MR) is 104 cm³/mol. The molecule has 2 aliphatic rings. The second-order valence-corrected chi connectivity index (χ2v) is 9.01. The summed E-state index contributed by atoms with van der Waals surface area (Å²) in [7, 11) is 0. The molecular formula is C14H16F2N6O5S3. The number of carbonyl (C=O) groups is 3. The van der Waals surface area contributed by atoms with Crippen LogP contribution in [0.1, 0.15) is 0 Å². The lowest BCUT2D eigenvalue weighted by Gasteiger charge is -2.49. The fourth-order valence-corrected chi connectivity index (χ4v) is 5.58. The van der Waals surface area contributed by atoms with E-state index >= 15 is 0 Å². The van der Waals surface area contributed by atoms with Crippen molar-refractivity contribution in [2.75, 3.05) is 23.9 Å². The fraction of sp³-hybridized carbons (Fsp3) is 0.571. The number of rotatable bonds is 10. The van der Waals surface area contributed by atoms with Gasteiger partial charge in [-0.05, 0) is 16.0 Å². The maximum Gasteiger partial charge on any atom is 0.352 e. The minimum absolute atomic E-state index is 0.145. The molecule has 3 N–H and O–H groups in total. The lowest BCUT2D eigenvalue weighted by molar-refractivity contribution is -0.150. The highest BCUT2D eigenvalue weighted by Crippen LogP contribution is 2.41. The van der Waals surface area contributed by atoms with Gasteiger partial charge in [0.15, 0.2) is 0 Å². The summed E-state index contributed by atoms with van der Waals surface area (Å²) in [4.78, 5) is 37.2. The van der Waals surface area contributed by atoms with Crippen LogP contribution < -0.4 is 5.32 Å². The van der Waals surface area contributed by atoms with Gasteiger partial charge in [-0.3, -0.25) is 14.5 Å². The Morgan fingerprint density at radius 1 is 1.40 bits per heavy atom. The number of halogens is 2. The number of carbonyl (C=O) groups excluding carboxylic acids is 2. The third-order valence-electron chi connectivity index (χ3n) is 4.09. The molecule has 164 valence electrons. The largest absolute Gasteiger partial charge is 0.477 e. The third-order valence-corrected chi connectivity index (χ3v) is 7.16. The van der Waals surface area contributed by atoms with Gasteiger partial charge in [0.2, 0.25) is 11.1 Å². The van der Waals surface area contributed by atoms with Gasteiger partial charge in [0, 0.05) is 11.5 Å². The van der Waals surface area contributed by atoms with Crippen LogP contribution >= 0.6 is 35.3 Å². The van der Waals surface area contributed by atoms with E-state index in [1.165, 1.54) is 28.2 Å². The number of hydrogen-bond donors (Lipinski definition) is 3. The van der Waals surface area contributed by atoms with Gasteiger partial charge in [-0.1, -0.05) is 23.5 Å². The second-order valence-electron chi connectivity index (χ2n) is 5.98. The number of fused-ring (bicyclic) bond motifs is 1. The van der Waals surface area contributed by atoms with E-state index in [0.717, 1.165) is 4.90 Å². The Bertz CT molecular complexity index is 869. The van der Waals surface area contributed by atoms with Gasteiger partial charge < -0.3 is 15.5 Å². The molecule has 3 heterocycles. The monoisotopic (exact) mass is 482 g/mol. The number of tetrazole rings is 1. The molecule has 0 aliphatic carbocycles. The SMILES string of the molecule is O=C(CSC(F)F)N[C@@H]1C(=O)N2C(C(=O)O)=C(CSc3nnnn3CCO)CSC12. The summed E-state index contributed by atoms with van der Waals surface area (Å²) >= 11 is 2.59. The number of hydrogen-bond acceptors (Lipinski definition) is 10. The molecule has 11 nitrogen and oxygen atoms in total. The molecule has 1 fully saturated rings. The van der Waals surface area contributed by atoms with Crippen LogP contribution in [0.5, 0.6) is 0 Å². The number of aliphatic carboxylic acids is 1. The minimum Gasteiger partial charge on any atom is -0.477 e. The summed E-state index contributed by atoms with van der Waals surface area (Å²) in [5.74, 6) is -5.29. The maximum absolute atomic E-state index is 12.5. The molecule has 3 rings (SSSR count). The van der Waals surface area contributed by atoms with Crippen molar-refractivity contribution < 1.29 is 33.4 Å². The summed E-state index contributed by atoms with van der Waals surface area (Å²) in [5.41, 5.74) is 0.323. The lowest BCUT2D eigenvalue weighted by atomic mass is 10.0. The number of β-lactam (4-membered cyclic amide) rings is 1. The molecule has 0 radical (unpaired) electrons. The number of carboxylic acids is 1. The zero-order valence-electron chi connectivity index (χ0n) is 15.1. The van der Waals surface area contributed by atoms with Gasteiger partial charge in [0.1, 0.15) is 17.1 Å². The summed E-state index contributed by atoms with van der Waals surface area (Å²) < 4.78 is 25.8. The van der Waals surface area contributed by atoms with Crippen molar-refractivity contribution in [2.24, 2.45) is 0 Å². The number of carboxylic acid groups (broad SMARTS) is 1. The summed E-state index contributed by atoms with van der Waals surface area (Å²) in [6.07, 6.45) is 0. The Morgan fingerprint density at radius 2 is 2.17 bits per heavy atom. The number of nitrogens with zero attached hydrogens (tertiary/aromatic N) is 5. The molecule has 1 unspecified atom stereocenters. The fourth-order valence-electron chi connectivity index (χ4n) is 2.83. The summed E-state index contributed by atoms with van der Waals surface area (Å²) in [6, 6.07) is -0.957. The molecule has 1 saturated heterocycles. The average Bonchev–Trinajstić information content (AvgIpc) is 3.15. The van der Waals surface area contributed by atoms with E-state index in [1.807, 2.05) is 0 Å². The molecule has 30 heavy (non-hydrogen) atoms. The number of nitrogens with one attached hydrogen (secondary N) is 1. The first kappa shape index (κ1) is 22.8. The molecule has 2 atom stereocenters. The highest BCUT2D eigenvalue weighted by molar-refractivity contribution is 8.01. The Hall–Kier alpha value is -1.91. The van der Waals surface area contributed by atoms with E-state index in [4.69, 9.17) is 5.11 Å². The molecule has 0 saturated carbocycles. The Labute approximate surface area is 181 Å². The van der Waals surface area contributed by atoms with Crippen LogP contribution in [0, 0.1) is 0 Å². The van der Waals surface area contributed by atoms with Crippen molar-refractivity contribution in [1.29, 1.82) is 0 Å². The van der Waals surface area contributed by atoms with Crippen LogP contribution in [-0.4, -0.2) is 94.1 Å². The van der Waals surface area contributed by atoms with E-state index < -0.39 is 40.7 Å². The third kappa shape index (κ3) is 4.87. The Morgan fingerprint density at radius 3 is 2.83 bits per heavy atom. The van der Waals surface area contributed by atoms with E-state index in [-0.39, 0.29) is 36.4 Å². The van der Waals surface area contributed by atoms with Crippen LogP contribution in [0.15, 0.2) is 16.4 Å². The van der Waals surface area contributed by atoms with Crippen LogP contribution in [0.2, 0.25) is 0 Å². The standard InChI is InChI=1S/C14H16F2N6O5S3/c15-13(16)29-5-7(24)17-8-10(25)22-9(12(26)27)6(3-28-11(8)22)4-30-14-18-19-20-21(14)1-2-23/h8,11,13,23H,1-5H2,(H,17,24)(H,26,27)/t8-,11?/m1/s1. The number of aromatic nitrogens is 4. The molecule has 0 bridgehead atoms. The molecule has 0 aromatic carbocycles. The quantitative estimate of drug-likeness (QED) is 0.291. The zero-order valence-corrected chi connectivity index (χ0v) is 17.6. The number of alkyl halides is 2. The van der Waals surface area contributed by atoms with Gasteiger partial charge >= 0.3 is 5.97 Å². The van der Waals surface area contributed by atoms with Crippen molar-refractivity contribution in [2.45, 2.75) is 28.9 Å². The molecule has 16 heteroatoms. The number of thioether (sulfide) groups is 3. The lowest BCUT2D eigenvalue weighted by Crippen LogP contribution is -2.70. The van der Waals surface area contributed by atoms with Gasteiger partial charge in [0.25, 0.3) is 11.7 Å². The van der Waals surface area contributed by atoms with E-state index in [0.29, 0.717) is 16.5 Å². The molecule has 1 aromatic rings. The maximum atomic E-state index is 12.5. The van der Waals surface area contributed by atoms with Crippen molar-refractivity contribution >= 4 is 53.1 Å². The van der Waals surface area contributed by atoms with Crippen molar-refractivity contribution in [1.82, 2.24) is 30.4 Å². The average molecular weight is 483 g/mol. The molecule has 1 aromatic heterocycles. The first-order valence-electron chi connectivity index (χ1n) is 8.42. The Balaban J connectivity index is 1.68. The van der Waals surface area contributed by atoms with Crippen LogP contribution in [0.4, 0.5) is 8.78 Å². The topological polar surface area (TPSA) is 151 Å². The van der Waals surface area contributed by atoms with Crippen LogP contribution in [-0.2, 0) is 20.9 Å². The normalized spacial score (nSPS) is 20.9. The van der Waals surface area contributed by atoms with E-state index in [9.17, 15) is 28.3 Å².